The first-order valence-corrected chi connectivity index (χ1v) is 8.03. The van der Waals surface area contributed by atoms with Crippen LogP contribution in [0.5, 0.6) is 5.75 Å². The number of benzene rings is 2. The van der Waals surface area contributed by atoms with Gasteiger partial charge in [-0.2, -0.15) is 13.2 Å². The zero-order chi connectivity index (χ0) is 19.4. The lowest BCUT2D eigenvalue weighted by molar-refractivity contribution is -0.137. The van der Waals surface area contributed by atoms with E-state index in [1.165, 1.54) is 25.4 Å². The number of pyridine rings is 1. The molecular weight excluding hydrogens is 358 g/mol. The molecule has 0 aliphatic rings. The van der Waals surface area contributed by atoms with Gasteiger partial charge < -0.3 is 4.74 Å². The summed E-state index contributed by atoms with van der Waals surface area (Å²) in [6.07, 6.45) is -1.89. The van der Waals surface area contributed by atoms with Gasteiger partial charge >= 0.3 is 6.18 Å². The lowest BCUT2D eigenvalue weighted by Crippen LogP contribution is -2.06. The zero-order valence-electron chi connectivity index (χ0n) is 14.3. The van der Waals surface area contributed by atoms with E-state index < -0.39 is 17.6 Å². The maximum absolute atomic E-state index is 15.0. The Morgan fingerprint density at radius 1 is 1.00 bits per heavy atom. The predicted molar refractivity (Wildman–Crippen MR) is 96.6 cm³/mol. The Morgan fingerprint density at radius 2 is 1.74 bits per heavy atom. The highest BCUT2D eigenvalue weighted by molar-refractivity contribution is 5.85. The quantitative estimate of drug-likeness (QED) is 0.399. The highest BCUT2D eigenvalue weighted by Gasteiger charge is 2.31. The molecule has 0 unspecified atom stereocenters. The fourth-order valence-electron chi connectivity index (χ4n) is 2.59. The van der Waals surface area contributed by atoms with Crippen molar-refractivity contribution in [2.45, 2.75) is 6.18 Å². The van der Waals surface area contributed by atoms with Gasteiger partial charge in [0.2, 0.25) is 0 Å². The van der Waals surface area contributed by atoms with Gasteiger partial charge in [0.25, 0.3) is 0 Å². The Kier molecular flexibility index (Phi) is 5.26. The van der Waals surface area contributed by atoms with Gasteiger partial charge in [0.05, 0.1) is 18.4 Å². The first kappa shape index (κ1) is 18.6. The second-order valence-electron chi connectivity index (χ2n) is 5.74. The molecule has 27 heavy (non-hydrogen) atoms. The number of methoxy groups -OCH3 is 1. The number of aromatic nitrogens is 1. The number of hydrogen-bond donors (Lipinski definition) is 0. The van der Waals surface area contributed by atoms with E-state index in [-0.39, 0.29) is 11.1 Å². The standard InChI is InChI=1S/C21H15F4NO/c1-27-16-8-5-14(6-9-16)12-19(22)18-13-15(21(23,24)25)7-10-17(18)20-4-2-3-11-26-20/h2-13H,1H3/b19-12-. The van der Waals surface area contributed by atoms with Crippen LogP contribution < -0.4 is 4.74 Å². The summed E-state index contributed by atoms with van der Waals surface area (Å²) in [5, 5.41) is 0. The molecule has 0 saturated carbocycles. The smallest absolute Gasteiger partial charge is 0.416 e. The van der Waals surface area contributed by atoms with E-state index in [4.69, 9.17) is 4.74 Å². The van der Waals surface area contributed by atoms with E-state index in [9.17, 15) is 17.6 Å². The fraction of sp³-hybridized carbons (Fsp3) is 0.0952. The van der Waals surface area contributed by atoms with Crippen LogP contribution in [0, 0.1) is 0 Å². The molecule has 1 aromatic heterocycles. The van der Waals surface area contributed by atoms with Crippen LogP contribution in [0.15, 0.2) is 66.9 Å². The van der Waals surface area contributed by atoms with Gasteiger partial charge in [-0.25, -0.2) is 4.39 Å². The topological polar surface area (TPSA) is 22.1 Å². The summed E-state index contributed by atoms with van der Waals surface area (Å²) in [7, 11) is 1.51. The Labute approximate surface area is 153 Å². The number of nitrogens with zero attached hydrogens (tertiary/aromatic N) is 1. The summed E-state index contributed by atoms with van der Waals surface area (Å²) in [5.41, 5.74) is 0.0813. The lowest BCUT2D eigenvalue weighted by atomic mass is 9.98. The summed E-state index contributed by atoms with van der Waals surface area (Å²) in [6, 6.07) is 14.5. The van der Waals surface area contributed by atoms with Gasteiger partial charge in [0.1, 0.15) is 11.6 Å². The molecule has 0 aliphatic carbocycles. The van der Waals surface area contributed by atoms with Crippen molar-refractivity contribution in [2.24, 2.45) is 0 Å². The second-order valence-corrected chi connectivity index (χ2v) is 5.74. The molecule has 0 bridgehead atoms. The second kappa shape index (κ2) is 7.61. The SMILES string of the molecule is COc1ccc(/C=C(\F)c2cc(C(F)(F)F)ccc2-c2ccccn2)cc1. The summed E-state index contributed by atoms with van der Waals surface area (Å²) >= 11 is 0. The highest BCUT2D eigenvalue weighted by Crippen LogP contribution is 2.36. The Bertz CT molecular complexity index is 948. The van der Waals surface area contributed by atoms with Gasteiger partial charge in [-0.1, -0.05) is 24.3 Å². The van der Waals surface area contributed by atoms with E-state index in [0.29, 0.717) is 17.0 Å². The average Bonchev–Trinajstić information content (AvgIpc) is 2.68. The fourth-order valence-corrected chi connectivity index (χ4v) is 2.59. The van der Waals surface area contributed by atoms with E-state index in [1.54, 1.807) is 42.5 Å². The van der Waals surface area contributed by atoms with Crippen molar-refractivity contribution in [1.29, 1.82) is 0 Å². The molecule has 0 aliphatic heterocycles. The minimum absolute atomic E-state index is 0.167. The number of hydrogen-bond acceptors (Lipinski definition) is 2. The molecule has 1 heterocycles. The van der Waals surface area contributed by atoms with Crippen LogP contribution in [0.25, 0.3) is 23.2 Å². The van der Waals surface area contributed by atoms with E-state index >= 15 is 0 Å². The molecule has 0 atom stereocenters. The molecule has 0 fully saturated rings. The molecule has 6 heteroatoms. The van der Waals surface area contributed by atoms with Crippen LogP contribution in [-0.2, 0) is 6.18 Å². The summed E-state index contributed by atoms with van der Waals surface area (Å²) in [4.78, 5) is 4.12. The predicted octanol–water partition coefficient (Wildman–Crippen LogP) is 6.24. The molecule has 0 saturated heterocycles. The first-order valence-electron chi connectivity index (χ1n) is 8.03. The number of ether oxygens (including phenoxy) is 1. The minimum atomic E-state index is -4.57. The van der Waals surface area contributed by atoms with Crippen molar-refractivity contribution in [1.82, 2.24) is 4.98 Å². The van der Waals surface area contributed by atoms with E-state index in [2.05, 4.69) is 4.98 Å². The van der Waals surface area contributed by atoms with Gasteiger partial charge in [-0.05, 0) is 48.0 Å². The van der Waals surface area contributed by atoms with Crippen molar-refractivity contribution in [3.63, 3.8) is 0 Å². The van der Waals surface area contributed by atoms with Crippen molar-refractivity contribution in [3.05, 3.63) is 83.6 Å². The van der Waals surface area contributed by atoms with Crippen molar-refractivity contribution >= 4 is 11.9 Å². The Hall–Kier alpha value is -3.15. The first-order chi connectivity index (χ1) is 12.9. The number of alkyl halides is 3. The largest absolute Gasteiger partial charge is 0.497 e. The Balaban J connectivity index is 2.11. The van der Waals surface area contributed by atoms with E-state index in [1.807, 2.05) is 0 Å². The van der Waals surface area contributed by atoms with Crippen LogP contribution in [0.4, 0.5) is 17.6 Å². The molecule has 0 amide bonds. The van der Waals surface area contributed by atoms with E-state index in [0.717, 1.165) is 12.1 Å². The van der Waals surface area contributed by atoms with Gasteiger partial charge in [-0.15, -0.1) is 0 Å². The maximum atomic E-state index is 15.0. The molecule has 0 radical (unpaired) electrons. The third kappa shape index (κ3) is 4.34. The Morgan fingerprint density at radius 3 is 2.33 bits per heavy atom. The summed E-state index contributed by atoms with van der Waals surface area (Å²) in [6.45, 7) is 0. The maximum Gasteiger partial charge on any atom is 0.416 e. The molecule has 3 aromatic rings. The normalized spacial score (nSPS) is 12.1. The van der Waals surface area contributed by atoms with Gasteiger partial charge in [-0.3, -0.25) is 4.98 Å². The molecule has 3 rings (SSSR count). The van der Waals surface area contributed by atoms with Crippen molar-refractivity contribution in [3.8, 4) is 17.0 Å². The van der Waals surface area contributed by atoms with Crippen LogP contribution in [0.2, 0.25) is 0 Å². The number of halogens is 4. The average molecular weight is 373 g/mol. The molecule has 138 valence electrons. The third-order valence-corrected chi connectivity index (χ3v) is 3.95. The summed E-state index contributed by atoms with van der Waals surface area (Å²) < 4.78 is 59.3. The van der Waals surface area contributed by atoms with Gasteiger partial charge in [0, 0.05) is 17.3 Å². The lowest BCUT2D eigenvalue weighted by Gasteiger charge is -2.12. The van der Waals surface area contributed by atoms with Crippen molar-refractivity contribution in [2.75, 3.05) is 7.11 Å². The monoisotopic (exact) mass is 373 g/mol. The van der Waals surface area contributed by atoms with Crippen LogP contribution in [-0.4, -0.2) is 12.1 Å². The zero-order valence-corrected chi connectivity index (χ0v) is 14.3. The van der Waals surface area contributed by atoms with Crippen LogP contribution in [0.3, 0.4) is 0 Å². The van der Waals surface area contributed by atoms with Crippen LogP contribution in [0.1, 0.15) is 16.7 Å². The molecular formula is C21H15F4NO. The highest BCUT2D eigenvalue weighted by atomic mass is 19.4. The van der Waals surface area contributed by atoms with Gasteiger partial charge in [0.15, 0.2) is 0 Å². The molecule has 0 spiro atoms. The van der Waals surface area contributed by atoms with Crippen molar-refractivity contribution < 1.29 is 22.3 Å². The minimum Gasteiger partial charge on any atom is -0.497 e. The third-order valence-electron chi connectivity index (χ3n) is 3.95. The molecule has 2 nitrogen and oxygen atoms in total. The molecule has 0 N–H and O–H groups in total. The molecule has 2 aromatic carbocycles. The number of rotatable bonds is 4. The van der Waals surface area contributed by atoms with Crippen LogP contribution >= 0.6 is 0 Å². The summed E-state index contributed by atoms with van der Waals surface area (Å²) in [5.74, 6) is -0.187.